The number of anilines is 1. The average Bonchev–Trinajstić information content (AvgIpc) is 3.43. The smallest absolute Gasteiger partial charge is 0.248 e. The van der Waals surface area contributed by atoms with E-state index in [-0.39, 0.29) is 35.6 Å². The molecule has 3 atom stereocenters. The van der Waals surface area contributed by atoms with Crippen molar-refractivity contribution >= 4 is 50.2 Å². The number of amides is 2. The van der Waals surface area contributed by atoms with Crippen LogP contribution in [0.5, 0.6) is 0 Å². The van der Waals surface area contributed by atoms with Crippen molar-refractivity contribution in [3.63, 3.8) is 0 Å². The number of nitrogens with one attached hydrogen (secondary N) is 1. The molecule has 0 radical (unpaired) electrons. The topological polar surface area (TPSA) is 123 Å². The summed E-state index contributed by atoms with van der Waals surface area (Å²) in [6, 6.07) is 7.02. The van der Waals surface area contributed by atoms with Crippen LogP contribution in [0.25, 0.3) is 22.0 Å². The fourth-order valence-electron chi connectivity index (χ4n) is 6.60. The molecule has 1 aliphatic heterocycles. The van der Waals surface area contributed by atoms with E-state index in [0.717, 1.165) is 40.6 Å². The number of hydrogen-bond donors (Lipinski definition) is 1. The highest BCUT2D eigenvalue weighted by Crippen LogP contribution is 2.54. The molecule has 4 aromatic rings. The Labute approximate surface area is 258 Å². The lowest BCUT2D eigenvalue weighted by Gasteiger charge is -2.44. The number of Topliss-reactive ketones (excluding diaryl/α,β-unsaturated/α-hetero) is 1. The molecule has 3 aromatic heterocycles. The molecule has 1 saturated carbocycles. The Kier molecular flexibility index (Phi) is 7.40. The molecule has 1 aliphatic carbocycles. The van der Waals surface area contributed by atoms with Crippen LogP contribution >= 0.6 is 15.9 Å². The molecular formula is C32H34BrN7O3. The Morgan fingerprint density at radius 3 is 2.51 bits per heavy atom. The van der Waals surface area contributed by atoms with Gasteiger partial charge in [-0.25, -0.2) is 15.0 Å². The molecule has 0 bridgehead atoms. The van der Waals surface area contributed by atoms with Gasteiger partial charge in [-0.05, 0) is 95.8 Å². The van der Waals surface area contributed by atoms with Crippen molar-refractivity contribution in [1.82, 2.24) is 29.6 Å². The van der Waals surface area contributed by atoms with E-state index in [1.54, 1.807) is 22.0 Å². The minimum atomic E-state index is -0.627. The minimum absolute atomic E-state index is 0.0276. The van der Waals surface area contributed by atoms with Crippen LogP contribution < -0.4 is 5.32 Å². The van der Waals surface area contributed by atoms with Gasteiger partial charge in [0.2, 0.25) is 11.8 Å². The number of fused-ring (bicyclic) bond motifs is 2. The van der Waals surface area contributed by atoms with Gasteiger partial charge in [-0.2, -0.15) is 5.10 Å². The molecule has 2 aliphatic rings. The van der Waals surface area contributed by atoms with Crippen molar-refractivity contribution in [2.24, 2.45) is 5.41 Å². The van der Waals surface area contributed by atoms with Crippen LogP contribution in [0, 0.1) is 19.3 Å². The summed E-state index contributed by atoms with van der Waals surface area (Å²) in [4.78, 5) is 55.4. The maximum Gasteiger partial charge on any atom is 0.248 e. The summed E-state index contributed by atoms with van der Waals surface area (Å²) in [7, 11) is 0. The van der Waals surface area contributed by atoms with Crippen LogP contribution in [0.1, 0.15) is 67.5 Å². The highest BCUT2D eigenvalue weighted by Gasteiger charge is 2.58. The van der Waals surface area contributed by atoms with E-state index in [9.17, 15) is 14.4 Å². The number of carbonyl (C=O) groups excluding carboxylic acids is 3. The summed E-state index contributed by atoms with van der Waals surface area (Å²) in [6.07, 6.45) is 6.60. The average molecular weight is 645 g/mol. The molecule has 1 saturated heterocycles. The maximum atomic E-state index is 14.1. The van der Waals surface area contributed by atoms with Crippen molar-refractivity contribution in [3.05, 3.63) is 63.9 Å². The highest BCUT2D eigenvalue weighted by molar-refractivity contribution is 9.10. The van der Waals surface area contributed by atoms with E-state index in [0.29, 0.717) is 40.2 Å². The number of likely N-dealkylation sites (tertiary alicyclic amines) is 1. The summed E-state index contributed by atoms with van der Waals surface area (Å²) < 4.78 is 2.27. The minimum Gasteiger partial charge on any atom is -0.325 e. The van der Waals surface area contributed by atoms with E-state index >= 15 is 0 Å². The zero-order valence-corrected chi connectivity index (χ0v) is 26.5. The lowest BCUT2D eigenvalue weighted by Crippen LogP contribution is -2.52. The van der Waals surface area contributed by atoms with Crippen LogP contribution in [-0.4, -0.2) is 59.3 Å². The molecule has 0 unspecified atom stereocenters. The van der Waals surface area contributed by atoms with E-state index in [4.69, 9.17) is 0 Å². The predicted octanol–water partition coefficient (Wildman–Crippen LogP) is 5.44. The number of halogens is 1. The van der Waals surface area contributed by atoms with Crippen LogP contribution in [0.3, 0.4) is 0 Å². The zero-order chi connectivity index (χ0) is 30.6. The number of nitrogens with zero attached hydrogens (tertiary/aromatic N) is 6. The maximum absolute atomic E-state index is 14.1. The third-order valence-corrected chi connectivity index (χ3v) is 9.50. The van der Waals surface area contributed by atoms with Crippen molar-refractivity contribution in [1.29, 1.82) is 0 Å². The van der Waals surface area contributed by atoms with Gasteiger partial charge in [0.05, 0.1) is 5.52 Å². The third-order valence-electron chi connectivity index (χ3n) is 9.06. The monoisotopic (exact) mass is 643 g/mol. The van der Waals surface area contributed by atoms with Crippen LogP contribution in [0.15, 0.2) is 41.3 Å². The molecule has 4 heterocycles. The normalized spacial score (nSPS) is 21.0. The number of aryl methyl sites for hydroxylation is 3. The van der Waals surface area contributed by atoms with E-state index in [1.807, 2.05) is 45.0 Å². The molecular weight excluding hydrogens is 610 g/mol. The van der Waals surface area contributed by atoms with Gasteiger partial charge in [0, 0.05) is 36.3 Å². The van der Waals surface area contributed by atoms with Crippen LogP contribution in [-0.2, 0) is 22.6 Å². The lowest BCUT2D eigenvalue weighted by molar-refractivity contribution is -0.141. The van der Waals surface area contributed by atoms with Gasteiger partial charge < -0.3 is 10.2 Å². The first-order chi connectivity index (χ1) is 20.5. The molecule has 2 fully saturated rings. The molecule has 43 heavy (non-hydrogen) atoms. The van der Waals surface area contributed by atoms with E-state index in [2.05, 4.69) is 48.2 Å². The fourth-order valence-corrected chi connectivity index (χ4v) is 6.91. The molecule has 10 nitrogen and oxygen atoms in total. The second kappa shape index (κ2) is 10.9. The number of benzene rings is 1. The first-order valence-corrected chi connectivity index (χ1v) is 15.4. The highest BCUT2D eigenvalue weighted by atomic mass is 79.9. The molecule has 6 rings (SSSR count). The Morgan fingerprint density at radius 2 is 1.86 bits per heavy atom. The molecule has 11 heteroatoms. The van der Waals surface area contributed by atoms with Gasteiger partial charge >= 0.3 is 0 Å². The van der Waals surface area contributed by atoms with Crippen molar-refractivity contribution in [2.45, 2.75) is 78.9 Å². The molecule has 0 spiro atoms. The summed E-state index contributed by atoms with van der Waals surface area (Å²) in [5.74, 6) is 0.535. The summed E-state index contributed by atoms with van der Waals surface area (Å²) in [6.45, 7) is 9.32. The quantitative estimate of drug-likeness (QED) is 0.210. The van der Waals surface area contributed by atoms with Gasteiger partial charge in [-0.1, -0.05) is 19.9 Å². The Morgan fingerprint density at radius 1 is 1.12 bits per heavy atom. The summed E-state index contributed by atoms with van der Waals surface area (Å²) >= 11 is 3.38. The standard InChI is InChI=1S/C32H34BrN7O3/c1-6-20-11-21(22-14-34-19(4)35-15-22)12-23-28(18(3)41)38-39(29(20)23)16-27(42)40-24(13-32(5)10-9-25(32)40)31(43)37-30-17(2)7-8-26(33)36-30/h7-8,11-12,14-15,24-25H,6,9-10,13,16H2,1-5H3,(H,36,37,43)/t24-,25+,32+/m0/s1. The molecule has 2 amide bonds. The van der Waals surface area contributed by atoms with Gasteiger partial charge in [0.1, 0.15) is 34.5 Å². The number of rotatable bonds is 7. The second-order valence-electron chi connectivity index (χ2n) is 12.0. The predicted molar refractivity (Wildman–Crippen MR) is 167 cm³/mol. The van der Waals surface area contributed by atoms with Gasteiger partial charge in [0.15, 0.2) is 5.78 Å². The SMILES string of the molecule is CCc1cc(-c2cnc(C)nc2)cc2c(C(C)=O)nn(CC(=O)N3[C@H](C(=O)Nc4nc(Br)ccc4C)C[C@@]4(C)CC[C@@H]34)c12. The number of carbonyl (C=O) groups is 3. The molecule has 1 N–H and O–H groups in total. The summed E-state index contributed by atoms with van der Waals surface area (Å²) in [5.41, 5.74) is 4.47. The zero-order valence-electron chi connectivity index (χ0n) is 24.9. The van der Waals surface area contributed by atoms with Crippen LogP contribution in [0.2, 0.25) is 0 Å². The first-order valence-electron chi connectivity index (χ1n) is 14.6. The Hall–Kier alpha value is -3.99. The Balaban J connectivity index is 1.35. The van der Waals surface area contributed by atoms with Crippen molar-refractivity contribution < 1.29 is 14.4 Å². The van der Waals surface area contributed by atoms with Crippen LogP contribution in [0.4, 0.5) is 5.82 Å². The van der Waals surface area contributed by atoms with Crippen molar-refractivity contribution in [2.75, 3.05) is 5.32 Å². The fraction of sp³-hybridized carbons (Fsp3) is 0.406. The lowest BCUT2D eigenvalue weighted by atomic mass is 9.66. The molecule has 1 aromatic carbocycles. The van der Waals surface area contributed by atoms with E-state index in [1.165, 1.54) is 6.92 Å². The Bertz CT molecular complexity index is 1780. The second-order valence-corrected chi connectivity index (χ2v) is 12.8. The van der Waals surface area contributed by atoms with Gasteiger partial charge in [0.25, 0.3) is 0 Å². The summed E-state index contributed by atoms with van der Waals surface area (Å²) in [5, 5.41) is 8.33. The van der Waals surface area contributed by atoms with Crippen molar-refractivity contribution in [3.8, 4) is 11.1 Å². The number of pyridine rings is 1. The van der Waals surface area contributed by atoms with E-state index < -0.39 is 6.04 Å². The number of aromatic nitrogens is 5. The van der Waals surface area contributed by atoms with Gasteiger partial charge in [-0.3, -0.25) is 19.1 Å². The van der Waals surface area contributed by atoms with Gasteiger partial charge in [-0.15, -0.1) is 0 Å². The first kappa shape index (κ1) is 29.1. The number of hydrogen-bond acceptors (Lipinski definition) is 7. The molecule has 222 valence electrons. The largest absolute Gasteiger partial charge is 0.325 e. The third kappa shape index (κ3) is 5.13. The number of ketones is 1.